The zero-order valence-electron chi connectivity index (χ0n) is 11.4. The first-order chi connectivity index (χ1) is 10.0. The second-order valence-corrected chi connectivity index (χ2v) is 5.44. The molecule has 4 nitrogen and oxygen atoms in total. The van der Waals surface area contributed by atoms with E-state index in [1.807, 2.05) is 0 Å². The van der Waals surface area contributed by atoms with Crippen LogP contribution in [-0.4, -0.2) is 20.1 Å². The standard InChI is InChI=1S/C15H13BrClNO3/c1-20-10-4-6-12(16)13(8-10)18-15(19)11-5-3-9(17)7-14(11)21-2/h3-8H,1-2H3,(H,18,19). The van der Waals surface area contributed by atoms with Gasteiger partial charge in [0.05, 0.1) is 25.5 Å². The average Bonchev–Trinajstić information content (AvgIpc) is 2.49. The molecule has 21 heavy (non-hydrogen) atoms. The molecule has 0 aliphatic carbocycles. The van der Waals surface area contributed by atoms with E-state index in [-0.39, 0.29) is 5.91 Å². The lowest BCUT2D eigenvalue weighted by Gasteiger charge is -2.11. The lowest BCUT2D eigenvalue weighted by molar-refractivity contribution is 0.102. The van der Waals surface area contributed by atoms with E-state index in [4.69, 9.17) is 21.1 Å². The van der Waals surface area contributed by atoms with Crippen LogP contribution in [0.4, 0.5) is 5.69 Å². The molecule has 2 aromatic rings. The highest BCUT2D eigenvalue weighted by atomic mass is 79.9. The van der Waals surface area contributed by atoms with E-state index in [2.05, 4.69) is 21.2 Å². The molecule has 6 heteroatoms. The molecule has 2 aromatic carbocycles. The van der Waals surface area contributed by atoms with Gasteiger partial charge >= 0.3 is 0 Å². The summed E-state index contributed by atoms with van der Waals surface area (Å²) >= 11 is 9.27. The zero-order chi connectivity index (χ0) is 15.4. The summed E-state index contributed by atoms with van der Waals surface area (Å²) in [6.45, 7) is 0. The normalized spacial score (nSPS) is 10.1. The van der Waals surface area contributed by atoms with Gasteiger partial charge in [-0.3, -0.25) is 4.79 Å². The smallest absolute Gasteiger partial charge is 0.259 e. The van der Waals surface area contributed by atoms with Crippen molar-refractivity contribution >= 4 is 39.1 Å². The number of hydrogen-bond donors (Lipinski definition) is 1. The Kier molecular flexibility index (Phi) is 5.09. The van der Waals surface area contributed by atoms with Crippen molar-refractivity contribution in [1.82, 2.24) is 0 Å². The molecule has 0 saturated carbocycles. The summed E-state index contributed by atoms with van der Waals surface area (Å²) in [6.07, 6.45) is 0. The molecule has 0 aliphatic heterocycles. The summed E-state index contributed by atoms with van der Waals surface area (Å²) in [6, 6.07) is 10.2. The van der Waals surface area contributed by atoms with Gasteiger partial charge in [-0.05, 0) is 46.3 Å². The lowest BCUT2D eigenvalue weighted by atomic mass is 10.2. The first-order valence-electron chi connectivity index (χ1n) is 6.03. The van der Waals surface area contributed by atoms with Gasteiger partial charge in [0.1, 0.15) is 11.5 Å². The topological polar surface area (TPSA) is 47.6 Å². The largest absolute Gasteiger partial charge is 0.497 e. The average molecular weight is 371 g/mol. The minimum atomic E-state index is -0.294. The molecule has 0 radical (unpaired) electrons. The number of amides is 1. The first-order valence-corrected chi connectivity index (χ1v) is 7.20. The number of nitrogens with one attached hydrogen (secondary N) is 1. The highest BCUT2D eigenvalue weighted by Crippen LogP contribution is 2.29. The van der Waals surface area contributed by atoms with Gasteiger partial charge < -0.3 is 14.8 Å². The molecule has 0 aliphatic rings. The summed E-state index contributed by atoms with van der Waals surface area (Å²) in [5, 5.41) is 3.31. The molecule has 0 fully saturated rings. The fourth-order valence-corrected chi connectivity index (χ4v) is 2.28. The van der Waals surface area contributed by atoms with E-state index in [0.717, 1.165) is 4.47 Å². The van der Waals surface area contributed by atoms with Gasteiger partial charge in [0.15, 0.2) is 0 Å². The van der Waals surface area contributed by atoms with Crippen LogP contribution in [0.2, 0.25) is 5.02 Å². The van der Waals surface area contributed by atoms with Crippen molar-refractivity contribution in [2.75, 3.05) is 19.5 Å². The molecule has 110 valence electrons. The van der Waals surface area contributed by atoms with Crippen molar-refractivity contribution in [3.63, 3.8) is 0 Å². The van der Waals surface area contributed by atoms with Crippen molar-refractivity contribution < 1.29 is 14.3 Å². The van der Waals surface area contributed by atoms with Crippen molar-refractivity contribution in [3.05, 3.63) is 51.5 Å². The monoisotopic (exact) mass is 369 g/mol. The molecule has 0 heterocycles. The number of halogens is 2. The minimum Gasteiger partial charge on any atom is -0.497 e. The molecule has 2 rings (SSSR count). The quantitative estimate of drug-likeness (QED) is 0.869. The molecule has 0 bridgehead atoms. The van der Waals surface area contributed by atoms with Crippen molar-refractivity contribution in [3.8, 4) is 11.5 Å². The van der Waals surface area contributed by atoms with Gasteiger partial charge in [-0.15, -0.1) is 0 Å². The molecule has 0 saturated heterocycles. The molecule has 0 spiro atoms. The number of ether oxygens (including phenoxy) is 2. The summed E-state index contributed by atoms with van der Waals surface area (Å²) in [7, 11) is 3.06. The number of carbonyl (C=O) groups is 1. The van der Waals surface area contributed by atoms with E-state index >= 15 is 0 Å². The van der Waals surface area contributed by atoms with Gasteiger partial charge in [-0.25, -0.2) is 0 Å². The van der Waals surface area contributed by atoms with E-state index in [1.54, 1.807) is 43.5 Å². The molecular formula is C15H13BrClNO3. The van der Waals surface area contributed by atoms with Gasteiger partial charge in [0.25, 0.3) is 5.91 Å². The predicted molar refractivity (Wildman–Crippen MR) is 86.7 cm³/mol. The fraction of sp³-hybridized carbons (Fsp3) is 0.133. The van der Waals surface area contributed by atoms with Crippen molar-refractivity contribution in [2.45, 2.75) is 0 Å². The van der Waals surface area contributed by atoms with Gasteiger partial charge in [0, 0.05) is 15.6 Å². The summed E-state index contributed by atoms with van der Waals surface area (Å²) < 4.78 is 11.1. The highest BCUT2D eigenvalue weighted by molar-refractivity contribution is 9.10. The van der Waals surface area contributed by atoms with Gasteiger partial charge in [0.2, 0.25) is 0 Å². The zero-order valence-corrected chi connectivity index (χ0v) is 13.8. The summed E-state index contributed by atoms with van der Waals surface area (Å²) in [4.78, 5) is 12.4. The Morgan fingerprint density at radius 2 is 1.90 bits per heavy atom. The minimum absolute atomic E-state index is 0.294. The Labute approximate surface area is 136 Å². The van der Waals surface area contributed by atoms with E-state index in [9.17, 15) is 4.79 Å². The number of rotatable bonds is 4. The first kappa shape index (κ1) is 15.7. The van der Waals surface area contributed by atoms with Gasteiger partial charge in [-0.1, -0.05) is 11.6 Å². The molecule has 0 atom stereocenters. The van der Waals surface area contributed by atoms with E-state index in [1.165, 1.54) is 7.11 Å². The maximum atomic E-state index is 12.4. The number of anilines is 1. The van der Waals surface area contributed by atoms with Crippen LogP contribution in [-0.2, 0) is 0 Å². The Balaban J connectivity index is 2.30. The van der Waals surface area contributed by atoms with Crippen LogP contribution >= 0.6 is 27.5 Å². The second kappa shape index (κ2) is 6.83. The Morgan fingerprint density at radius 1 is 1.14 bits per heavy atom. The second-order valence-electron chi connectivity index (χ2n) is 4.14. The Bertz CT molecular complexity index is 676. The van der Waals surface area contributed by atoms with Crippen LogP contribution in [0.1, 0.15) is 10.4 Å². The van der Waals surface area contributed by atoms with Crippen LogP contribution < -0.4 is 14.8 Å². The number of methoxy groups -OCH3 is 2. The molecule has 0 unspecified atom stereocenters. The predicted octanol–water partition coefficient (Wildman–Crippen LogP) is 4.37. The molecule has 1 N–H and O–H groups in total. The third kappa shape index (κ3) is 3.68. The van der Waals surface area contributed by atoms with Crippen LogP contribution in [0.25, 0.3) is 0 Å². The number of carbonyl (C=O) groups excluding carboxylic acids is 1. The maximum Gasteiger partial charge on any atom is 0.259 e. The lowest BCUT2D eigenvalue weighted by Crippen LogP contribution is -2.13. The van der Waals surface area contributed by atoms with Crippen LogP contribution in [0.5, 0.6) is 11.5 Å². The Hall–Kier alpha value is -1.72. The van der Waals surface area contributed by atoms with Crippen LogP contribution in [0.15, 0.2) is 40.9 Å². The summed E-state index contributed by atoms with van der Waals surface area (Å²) in [5.74, 6) is 0.771. The molecule has 0 aromatic heterocycles. The van der Waals surface area contributed by atoms with Crippen molar-refractivity contribution in [1.29, 1.82) is 0 Å². The number of benzene rings is 2. The summed E-state index contributed by atoms with van der Waals surface area (Å²) in [5.41, 5.74) is 1.01. The van der Waals surface area contributed by atoms with Crippen molar-refractivity contribution in [2.24, 2.45) is 0 Å². The Morgan fingerprint density at radius 3 is 2.57 bits per heavy atom. The number of hydrogen-bond acceptors (Lipinski definition) is 3. The SMILES string of the molecule is COc1ccc(Br)c(NC(=O)c2ccc(Cl)cc2OC)c1. The third-order valence-electron chi connectivity index (χ3n) is 2.83. The van der Waals surface area contributed by atoms with E-state index in [0.29, 0.717) is 27.8 Å². The van der Waals surface area contributed by atoms with Gasteiger partial charge in [-0.2, -0.15) is 0 Å². The molecule has 1 amide bonds. The van der Waals surface area contributed by atoms with Crippen LogP contribution in [0, 0.1) is 0 Å². The maximum absolute atomic E-state index is 12.4. The highest BCUT2D eigenvalue weighted by Gasteiger charge is 2.14. The van der Waals surface area contributed by atoms with Crippen LogP contribution in [0.3, 0.4) is 0 Å². The fourth-order valence-electron chi connectivity index (χ4n) is 1.77. The molecular weight excluding hydrogens is 358 g/mol. The van der Waals surface area contributed by atoms with E-state index < -0.39 is 0 Å². The third-order valence-corrected chi connectivity index (χ3v) is 3.76.